The molecule has 1 aromatic heterocycles. The highest BCUT2D eigenvalue weighted by atomic mass is 32.2. The molecule has 156 valence electrons. The molecule has 0 unspecified atom stereocenters. The van der Waals surface area contributed by atoms with Crippen molar-refractivity contribution in [3.05, 3.63) is 60.2 Å². The SMILES string of the molecule is Oc1ccc(-c2nnc(SC3(c4ccccc4)OCCO3)n2C2CCCCC2)cc1. The van der Waals surface area contributed by atoms with Gasteiger partial charge in [0.05, 0.1) is 13.2 Å². The monoisotopic (exact) mass is 423 g/mol. The molecule has 1 saturated heterocycles. The van der Waals surface area contributed by atoms with Crippen LogP contribution in [0.15, 0.2) is 59.8 Å². The van der Waals surface area contributed by atoms with Crippen molar-refractivity contribution in [2.75, 3.05) is 13.2 Å². The van der Waals surface area contributed by atoms with Crippen LogP contribution in [0.2, 0.25) is 0 Å². The van der Waals surface area contributed by atoms with Gasteiger partial charge in [0, 0.05) is 17.2 Å². The average Bonchev–Trinajstić information content (AvgIpc) is 3.44. The normalized spacial score (nSPS) is 19.2. The van der Waals surface area contributed by atoms with Gasteiger partial charge in [-0.3, -0.25) is 4.57 Å². The summed E-state index contributed by atoms with van der Waals surface area (Å²) in [4.78, 5) is 0. The summed E-state index contributed by atoms with van der Waals surface area (Å²) < 4.78 is 14.5. The maximum atomic E-state index is 9.70. The number of phenols is 1. The molecule has 0 atom stereocenters. The van der Waals surface area contributed by atoms with Gasteiger partial charge in [-0.2, -0.15) is 0 Å². The van der Waals surface area contributed by atoms with E-state index in [1.165, 1.54) is 31.0 Å². The Hall–Kier alpha value is -2.35. The minimum Gasteiger partial charge on any atom is -0.508 e. The molecule has 2 aromatic carbocycles. The van der Waals surface area contributed by atoms with Gasteiger partial charge in [0.15, 0.2) is 11.0 Å². The van der Waals surface area contributed by atoms with Gasteiger partial charge in [-0.15, -0.1) is 10.2 Å². The van der Waals surface area contributed by atoms with Gasteiger partial charge in [0.1, 0.15) is 5.75 Å². The highest BCUT2D eigenvalue weighted by Gasteiger charge is 2.42. The number of ether oxygens (including phenoxy) is 2. The van der Waals surface area contributed by atoms with Crippen LogP contribution in [0.5, 0.6) is 5.75 Å². The first-order valence-corrected chi connectivity index (χ1v) is 11.3. The second-order valence-electron chi connectivity index (χ2n) is 7.74. The molecule has 7 heteroatoms. The molecule has 30 heavy (non-hydrogen) atoms. The Bertz CT molecular complexity index is 979. The van der Waals surface area contributed by atoms with E-state index in [0.29, 0.717) is 19.3 Å². The fourth-order valence-electron chi connectivity index (χ4n) is 4.26. The predicted octanol–water partition coefficient (Wildman–Crippen LogP) is 5.11. The summed E-state index contributed by atoms with van der Waals surface area (Å²) in [6, 6.07) is 17.5. The summed E-state index contributed by atoms with van der Waals surface area (Å²) in [6.07, 6.45) is 5.90. The summed E-state index contributed by atoms with van der Waals surface area (Å²) in [5.74, 6) is 1.07. The third kappa shape index (κ3) is 3.73. The van der Waals surface area contributed by atoms with Gasteiger partial charge in [-0.25, -0.2) is 0 Å². The van der Waals surface area contributed by atoms with E-state index in [-0.39, 0.29) is 5.75 Å². The molecule has 3 aromatic rings. The number of aromatic nitrogens is 3. The number of benzene rings is 2. The lowest BCUT2D eigenvalue weighted by atomic mass is 9.95. The largest absolute Gasteiger partial charge is 0.508 e. The van der Waals surface area contributed by atoms with Crippen LogP contribution in [0.3, 0.4) is 0 Å². The lowest BCUT2D eigenvalue weighted by Crippen LogP contribution is -2.24. The minimum absolute atomic E-state index is 0.243. The highest BCUT2D eigenvalue weighted by Crippen LogP contribution is 2.47. The Balaban J connectivity index is 1.56. The molecule has 0 spiro atoms. The molecule has 2 aliphatic rings. The Kier molecular flexibility index (Phi) is 5.50. The predicted molar refractivity (Wildman–Crippen MR) is 115 cm³/mol. The van der Waals surface area contributed by atoms with E-state index in [1.807, 2.05) is 42.5 Å². The van der Waals surface area contributed by atoms with Crippen molar-refractivity contribution in [2.45, 2.75) is 48.4 Å². The van der Waals surface area contributed by atoms with E-state index in [1.54, 1.807) is 12.1 Å². The quantitative estimate of drug-likeness (QED) is 0.615. The van der Waals surface area contributed by atoms with Crippen LogP contribution in [0.4, 0.5) is 0 Å². The standard InChI is InChI=1S/C23H25N3O3S/c27-20-13-11-17(12-14-20)21-24-25-22(26(21)19-9-5-2-6-10-19)30-23(28-15-16-29-23)18-7-3-1-4-8-18/h1,3-4,7-8,11-14,19,27H,2,5-6,9-10,15-16H2. The van der Waals surface area contributed by atoms with E-state index >= 15 is 0 Å². The Morgan fingerprint density at radius 3 is 2.30 bits per heavy atom. The van der Waals surface area contributed by atoms with Crippen LogP contribution in [0.25, 0.3) is 11.4 Å². The first-order chi connectivity index (χ1) is 14.8. The third-order valence-electron chi connectivity index (χ3n) is 5.75. The first-order valence-electron chi connectivity index (χ1n) is 10.5. The van der Waals surface area contributed by atoms with E-state index in [4.69, 9.17) is 9.47 Å². The molecule has 1 aliphatic carbocycles. The molecule has 1 aliphatic heterocycles. The molecule has 2 fully saturated rings. The maximum absolute atomic E-state index is 9.70. The molecular weight excluding hydrogens is 398 g/mol. The van der Waals surface area contributed by atoms with Crippen LogP contribution in [0.1, 0.15) is 43.7 Å². The van der Waals surface area contributed by atoms with Crippen molar-refractivity contribution < 1.29 is 14.6 Å². The zero-order valence-corrected chi connectivity index (χ0v) is 17.6. The fourth-order valence-corrected chi connectivity index (χ4v) is 5.46. The summed E-state index contributed by atoms with van der Waals surface area (Å²) in [5.41, 5.74) is 1.91. The van der Waals surface area contributed by atoms with Crippen molar-refractivity contribution in [2.24, 2.45) is 0 Å². The average molecular weight is 424 g/mol. The van der Waals surface area contributed by atoms with Gasteiger partial charge in [-0.1, -0.05) is 49.6 Å². The topological polar surface area (TPSA) is 69.4 Å². The molecular formula is C23H25N3O3S. The van der Waals surface area contributed by atoms with E-state index in [0.717, 1.165) is 34.9 Å². The zero-order valence-electron chi connectivity index (χ0n) is 16.7. The number of aromatic hydroxyl groups is 1. The Morgan fingerprint density at radius 1 is 0.900 bits per heavy atom. The Morgan fingerprint density at radius 2 is 1.60 bits per heavy atom. The van der Waals surface area contributed by atoms with Gasteiger partial charge in [0.2, 0.25) is 0 Å². The molecule has 1 saturated carbocycles. The lowest BCUT2D eigenvalue weighted by molar-refractivity contribution is -0.0819. The molecule has 0 amide bonds. The van der Waals surface area contributed by atoms with Crippen LogP contribution in [-0.4, -0.2) is 33.1 Å². The summed E-state index contributed by atoms with van der Waals surface area (Å²) in [7, 11) is 0. The van der Waals surface area contributed by atoms with Crippen LogP contribution in [0, 0.1) is 0 Å². The fraction of sp³-hybridized carbons (Fsp3) is 0.391. The molecule has 5 rings (SSSR count). The number of rotatable bonds is 5. The van der Waals surface area contributed by atoms with Crippen molar-refractivity contribution in [1.82, 2.24) is 14.8 Å². The van der Waals surface area contributed by atoms with Crippen LogP contribution >= 0.6 is 11.8 Å². The van der Waals surface area contributed by atoms with E-state index in [9.17, 15) is 5.11 Å². The van der Waals surface area contributed by atoms with Crippen molar-refractivity contribution >= 4 is 11.8 Å². The summed E-state index contributed by atoms with van der Waals surface area (Å²) >= 11 is 1.49. The number of nitrogens with zero attached hydrogens (tertiary/aromatic N) is 3. The number of thioether (sulfide) groups is 1. The molecule has 0 bridgehead atoms. The second-order valence-corrected chi connectivity index (χ2v) is 8.84. The maximum Gasteiger partial charge on any atom is 0.253 e. The molecule has 0 radical (unpaired) electrons. The van der Waals surface area contributed by atoms with Crippen molar-refractivity contribution in [3.8, 4) is 17.1 Å². The van der Waals surface area contributed by atoms with Gasteiger partial charge < -0.3 is 14.6 Å². The van der Waals surface area contributed by atoms with Gasteiger partial charge in [0.25, 0.3) is 5.12 Å². The number of hydrogen-bond acceptors (Lipinski definition) is 6. The van der Waals surface area contributed by atoms with E-state index < -0.39 is 5.12 Å². The number of phenolic OH excluding ortho intramolecular Hbond substituents is 1. The smallest absolute Gasteiger partial charge is 0.253 e. The zero-order chi connectivity index (χ0) is 20.4. The lowest BCUT2D eigenvalue weighted by Gasteiger charge is -2.29. The van der Waals surface area contributed by atoms with Crippen molar-refractivity contribution in [3.63, 3.8) is 0 Å². The number of hydrogen-bond donors (Lipinski definition) is 1. The van der Waals surface area contributed by atoms with Gasteiger partial charge >= 0.3 is 0 Å². The molecule has 1 N–H and O–H groups in total. The second kappa shape index (κ2) is 8.41. The Labute approximate surface area is 180 Å². The van der Waals surface area contributed by atoms with E-state index in [2.05, 4.69) is 14.8 Å². The summed E-state index contributed by atoms with van der Waals surface area (Å²) in [6.45, 7) is 1.09. The van der Waals surface area contributed by atoms with Gasteiger partial charge in [-0.05, 0) is 48.9 Å². The third-order valence-corrected chi connectivity index (χ3v) is 6.95. The van der Waals surface area contributed by atoms with Crippen molar-refractivity contribution in [1.29, 1.82) is 0 Å². The van der Waals surface area contributed by atoms with Crippen LogP contribution in [-0.2, 0) is 14.6 Å². The van der Waals surface area contributed by atoms with Crippen LogP contribution < -0.4 is 0 Å². The molecule has 6 nitrogen and oxygen atoms in total. The molecule has 2 heterocycles. The first kappa shape index (κ1) is 19.6. The minimum atomic E-state index is -0.910. The highest BCUT2D eigenvalue weighted by molar-refractivity contribution is 7.99. The summed E-state index contributed by atoms with van der Waals surface area (Å²) in [5, 5.41) is 18.7.